The Labute approximate surface area is 480 Å². The highest BCUT2D eigenvalue weighted by Gasteiger charge is 2.32. The molecular formula is C78H46N4O2. The van der Waals surface area contributed by atoms with Crippen LogP contribution in [0.25, 0.3) is 142 Å². The van der Waals surface area contributed by atoms with Gasteiger partial charge in [0, 0.05) is 98.5 Å². The maximum absolute atomic E-state index is 6.75. The van der Waals surface area contributed by atoms with Gasteiger partial charge in [0.2, 0.25) is 0 Å². The van der Waals surface area contributed by atoms with Crippen molar-refractivity contribution in [2.45, 2.75) is 0 Å². The van der Waals surface area contributed by atoms with E-state index in [2.05, 4.69) is 286 Å². The minimum Gasteiger partial charge on any atom is -0.454 e. The summed E-state index contributed by atoms with van der Waals surface area (Å²) in [6.07, 6.45) is 0. The second-order valence-electron chi connectivity index (χ2n) is 22.3. The zero-order valence-electron chi connectivity index (χ0n) is 45.2. The third-order valence-electron chi connectivity index (χ3n) is 17.9. The summed E-state index contributed by atoms with van der Waals surface area (Å²) >= 11 is 0. The quantitative estimate of drug-likeness (QED) is 0.152. The summed E-state index contributed by atoms with van der Waals surface area (Å²) in [5, 5.41) is 14.1. The van der Waals surface area contributed by atoms with E-state index in [1.54, 1.807) is 0 Å². The van der Waals surface area contributed by atoms with E-state index >= 15 is 0 Å². The number of para-hydroxylation sites is 8. The van der Waals surface area contributed by atoms with E-state index in [4.69, 9.17) is 8.83 Å². The van der Waals surface area contributed by atoms with Crippen molar-refractivity contribution in [3.63, 3.8) is 0 Å². The van der Waals surface area contributed by atoms with Crippen molar-refractivity contribution < 1.29 is 8.83 Å². The van der Waals surface area contributed by atoms with E-state index in [0.29, 0.717) is 0 Å². The molecule has 390 valence electrons. The summed E-state index contributed by atoms with van der Waals surface area (Å²) < 4.78 is 18.7. The lowest BCUT2D eigenvalue weighted by Crippen LogP contribution is -2.10. The third-order valence-corrected chi connectivity index (χ3v) is 17.9. The van der Waals surface area contributed by atoms with Gasteiger partial charge >= 0.3 is 0 Å². The largest absolute Gasteiger partial charge is 0.454 e. The number of fused-ring (bicyclic) bond motifs is 18. The average molecular weight is 1070 g/mol. The van der Waals surface area contributed by atoms with Crippen LogP contribution < -0.4 is 9.80 Å². The van der Waals surface area contributed by atoms with Gasteiger partial charge in [0.25, 0.3) is 0 Å². The molecule has 0 aliphatic carbocycles. The van der Waals surface area contributed by atoms with Crippen LogP contribution in [0.5, 0.6) is 0 Å². The highest BCUT2D eigenvalue weighted by molar-refractivity contribution is 6.38. The number of rotatable bonds is 8. The van der Waals surface area contributed by atoms with Crippen molar-refractivity contribution in [3.05, 3.63) is 279 Å². The Morgan fingerprint density at radius 3 is 1.05 bits per heavy atom. The molecule has 13 aromatic carbocycles. The molecule has 0 unspecified atom stereocenters. The standard InChI is InChI=1S/C78H46N4O2/c1-5-21-47(22-6-1)69-71-59-35-17-31-55-62-46-52(80(50-27-11-4-12-28-50)66-38-20-34-58-54-30-14-16-40-68(54)84-78(58)66)42-44-64(62)82(73(55)59)76(71)70(48-23-7-2-8-24-48)72-60-36-18-32-56-61-45-51(41-43-63(61)81(74(56)60)75(69)72)79(49-25-9-3-10-26-49)65-37-19-33-57-53-29-13-15-39-67(53)83-77(57)65/h1-46H. The fraction of sp³-hybridized carbons (Fsp3) is 0. The monoisotopic (exact) mass is 1070 g/mol. The van der Waals surface area contributed by atoms with E-state index < -0.39 is 0 Å². The molecule has 0 atom stereocenters. The molecule has 19 aromatic rings. The molecule has 0 saturated carbocycles. The third kappa shape index (κ3) is 6.12. The lowest BCUT2D eigenvalue weighted by Gasteiger charge is -2.25. The van der Waals surface area contributed by atoms with Gasteiger partial charge in [0.1, 0.15) is 11.2 Å². The van der Waals surface area contributed by atoms with Crippen LogP contribution in [0.2, 0.25) is 0 Å². The molecule has 6 aromatic heterocycles. The van der Waals surface area contributed by atoms with Crippen LogP contribution in [0.15, 0.2) is 288 Å². The summed E-state index contributed by atoms with van der Waals surface area (Å²) in [6, 6.07) is 101. The fourth-order valence-corrected chi connectivity index (χ4v) is 14.6. The fourth-order valence-electron chi connectivity index (χ4n) is 14.6. The van der Waals surface area contributed by atoms with Gasteiger partial charge < -0.3 is 27.4 Å². The molecule has 0 amide bonds. The molecule has 0 saturated heterocycles. The molecule has 6 nitrogen and oxygen atoms in total. The van der Waals surface area contributed by atoms with Crippen LogP contribution in [0.4, 0.5) is 34.1 Å². The maximum Gasteiger partial charge on any atom is 0.159 e. The number of furan rings is 2. The lowest BCUT2D eigenvalue weighted by atomic mass is 9.89. The molecule has 0 radical (unpaired) electrons. The van der Waals surface area contributed by atoms with Gasteiger partial charge in [-0.15, -0.1) is 0 Å². The summed E-state index contributed by atoms with van der Waals surface area (Å²) in [4.78, 5) is 4.71. The van der Waals surface area contributed by atoms with Crippen LogP contribution in [-0.2, 0) is 0 Å². The van der Waals surface area contributed by atoms with E-state index in [0.717, 1.165) is 89.0 Å². The predicted octanol–water partition coefficient (Wildman–Crippen LogP) is 22.1. The summed E-state index contributed by atoms with van der Waals surface area (Å²) in [7, 11) is 0. The zero-order valence-corrected chi connectivity index (χ0v) is 45.2. The highest BCUT2D eigenvalue weighted by atomic mass is 16.3. The first-order valence-corrected chi connectivity index (χ1v) is 28.7. The first-order valence-electron chi connectivity index (χ1n) is 28.7. The normalized spacial score (nSPS) is 12.3. The zero-order chi connectivity index (χ0) is 54.7. The van der Waals surface area contributed by atoms with E-state index in [-0.39, 0.29) is 0 Å². The topological polar surface area (TPSA) is 41.6 Å². The molecule has 6 heteroatoms. The van der Waals surface area contributed by atoms with Crippen LogP contribution in [0.1, 0.15) is 0 Å². The van der Waals surface area contributed by atoms with Crippen LogP contribution >= 0.6 is 0 Å². The van der Waals surface area contributed by atoms with Crippen molar-refractivity contribution in [2.24, 2.45) is 0 Å². The number of hydrogen-bond acceptors (Lipinski definition) is 4. The van der Waals surface area contributed by atoms with Crippen LogP contribution in [0.3, 0.4) is 0 Å². The Hall–Kier alpha value is -11.3. The Morgan fingerprint density at radius 2 is 0.607 bits per heavy atom. The van der Waals surface area contributed by atoms with Crippen LogP contribution in [-0.4, -0.2) is 8.80 Å². The number of benzene rings is 13. The van der Waals surface area contributed by atoms with Gasteiger partial charge in [0.15, 0.2) is 11.2 Å². The first-order chi connectivity index (χ1) is 41.7. The summed E-state index contributed by atoms with van der Waals surface area (Å²) in [5.41, 5.74) is 21.6. The Bertz CT molecular complexity index is 5490. The van der Waals surface area contributed by atoms with Crippen molar-refractivity contribution in [1.29, 1.82) is 0 Å². The Morgan fingerprint density at radius 1 is 0.250 bits per heavy atom. The number of anilines is 6. The summed E-state index contributed by atoms with van der Waals surface area (Å²) in [5.74, 6) is 0. The lowest BCUT2D eigenvalue weighted by molar-refractivity contribution is 0.668. The van der Waals surface area contributed by atoms with Gasteiger partial charge in [-0.3, -0.25) is 0 Å². The molecule has 19 rings (SSSR count). The molecule has 6 heterocycles. The van der Waals surface area contributed by atoms with Crippen molar-refractivity contribution in [3.8, 4) is 22.3 Å². The molecule has 84 heavy (non-hydrogen) atoms. The molecule has 0 aliphatic rings. The van der Waals surface area contributed by atoms with Crippen molar-refractivity contribution in [1.82, 2.24) is 8.80 Å². The van der Waals surface area contributed by atoms with Gasteiger partial charge in [-0.05, 0) is 96.1 Å². The molecule has 0 N–H and O–H groups in total. The number of hydrogen-bond donors (Lipinski definition) is 0. The minimum atomic E-state index is 0.858. The number of aromatic nitrogens is 2. The van der Waals surface area contributed by atoms with E-state index in [9.17, 15) is 0 Å². The SMILES string of the molecule is c1ccc(-c2c3c4cccc5c6cc(N(c7ccccc7)c7cccc8c7oc7ccccc78)ccc6n(c3c(-c3ccccc3)c3c6cccc7c8cc(N(c9ccccc9)c9cccc%10c9oc9ccccc9%10)ccc8n(c23)c76)c54)cc1. The molecule has 0 aliphatic heterocycles. The second kappa shape index (κ2) is 17.1. The van der Waals surface area contributed by atoms with Gasteiger partial charge in [-0.2, -0.15) is 0 Å². The highest BCUT2D eigenvalue weighted by Crippen LogP contribution is 2.55. The predicted molar refractivity (Wildman–Crippen MR) is 351 cm³/mol. The molecule has 0 spiro atoms. The smallest absolute Gasteiger partial charge is 0.159 e. The average Bonchev–Trinajstić information content (AvgIpc) is 1.54. The molecule has 0 bridgehead atoms. The van der Waals surface area contributed by atoms with Crippen molar-refractivity contribution >= 4 is 154 Å². The second-order valence-corrected chi connectivity index (χ2v) is 22.3. The van der Waals surface area contributed by atoms with Gasteiger partial charge in [-0.25, -0.2) is 0 Å². The van der Waals surface area contributed by atoms with E-state index in [1.807, 2.05) is 12.1 Å². The van der Waals surface area contributed by atoms with Gasteiger partial charge in [-0.1, -0.05) is 194 Å². The minimum absolute atomic E-state index is 0.858. The number of nitrogens with zero attached hydrogens (tertiary/aromatic N) is 4. The Balaban J connectivity index is 0.910. The summed E-state index contributed by atoms with van der Waals surface area (Å²) in [6.45, 7) is 0. The van der Waals surface area contributed by atoms with E-state index in [1.165, 1.54) is 87.4 Å². The Kier molecular flexibility index (Phi) is 9.24. The van der Waals surface area contributed by atoms with Crippen LogP contribution in [0, 0.1) is 0 Å². The maximum atomic E-state index is 6.75. The van der Waals surface area contributed by atoms with Gasteiger partial charge in [0.05, 0.1) is 44.5 Å². The molecular weight excluding hydrogens is 1020 g/mol. The van der Waals surface area contributed by atoms with Crippen molar-refractivity contribution in [2.75, 3.05) is 9.80 Å². The first kappa shape index (κ1) is 45.4. The molecule has 0 fully saturated rings.